The van der Waals surface area contributed by atoms with E-state index in [0.29, 0.717) is 19.6 Å². The smallest absolute Gasteiger partial charge is 0.312 e. The summed E-state index contributed by atoms with van der Waals surface area (Å²) in [4.78, 5) is 32.6. The number of amides is 2. The van der Waals surface area contributed by atoms with Crippen molar-refractivity contribution in [1.29, 1.82) is 0 Å². The maximum atomic E-state index is 12.4. The summed E-state index contributed by atoms with van der Waals surface area (Å²) in [5, 5.41) is 0. The maximum absolute atomic E-state index is 12.4. The predicted molar refractivity (Wildman–Crippen MR) is 85.4 cm³/mol. The van der Waals surface area contributed by atoms with Gasteiger partial charge in [-0.1, -0.05) is 0 Å². The number of nitrogens with two attached hydrogens (primary N) is 1. The van der Waals surface area contributed by atoms with Crippen LogP contribution in [0.25, 0.3) is 0 Å². The summed E-state index contributed by atoms with van der Waals surface area (Å²) >= 11 is 0. The van der Waals surface area contributed by atoms with Crippen LogP contribution in [-0.2, 0) is 9.59 Å². The molecule has 2 amide bonds. The number of rotatable bonds is 3. The first-order valence-corrected chi connectivity index (χ1v) is 8.20. The standard InChI is InChI=1S/C15H29N5O2/c1-17-6-3-13(4-7-17)18(2)14(21)15(22)20-11-9-19(8-5-16)10-12-20/h13H,3-12,16H2,1-2H3. The summed E-state index contributed by atoms with van der Waals surface area (Å²) in [6, 6.07) is 0.186. The van der Waals surface area contributed by atoms with E-state index in [1.165, 1.54) is 0 Å². The Morgan fingerprint density at radius 3 is 2.23 bits per heavy atom. The highest BCUT2D eigenvalue weighted by atomic mass is 16.2. The molecule has 0 bridgehead atoms. The van der Waals surface area contributed by atoms with Gasteiger partial charge in [-0.15, -0.1) is 0 Å². The lowest BCUT2D eigenvalue weighted by Gasteiger charge is -2.37. The fourth-order valence-corrected chi connectivity index (χ4v) is 3.19. The molecule has 2 aliphatic rings. The number of likely N-dealkylation sites (N-methyl/N-ethyl adjacent to an activating group) is 1. The molecule has 7 heteroatoms. The molecule has 0 aliphatic carbocycles. The first kappa shape index (κ1) is 17.2. The molecule has 0 aromatic rings. The highest BCUT2D eigenvalue weighted by Gasteiger charge is 2.32. The Kier molecular flexibility index (Phi) is 6.16. The van der Waals surface area contributed by atoms with E-state index >= 15 is 0 Å². The Bertz CT molecular complexity index is 387. The van der Waals surface area contributed by atoms with E-state index in [1.807, 2.05) is 0 Å². The minimum Gasteiger partial charge on any atom is -0.334 e. The quantitative estimate of drug-likeness (QED) is 0.652. The SMILES string of the molecule is CN1CCC(N(C)C(=O)C(=O)N2CCN(CCN)CC2)CC1. The van der Waals surface area contributed by atoms with Crippen molar-refractivity contribution >= 4 is 11.8 Å². The van der Waals surface area contributed by atoms with E-state index in [-0.39, 0.29) is 17.9 Å². The van der Waals surface area contributed by atoms with Crippen molar-refractivity contribution in [2.24, 2.45) is 5.73 Å². The van der Waals surface area contributed by atoms with E-state index < -0.39 is 0 Å². The summed E-state index contributed by atoms with van der Waals surface area (Å²) in [7, 11) is 3.85. The lowest BCUT2D eigenvalue weighted by Crippen LogP contribution is -2.55. The summed E-state index contributed by atoms with van der Waals surface area (Å²) in [6.07, 6.45) is 1.88. The summed E-state index contributed by atoms with van der Waals surface area (Å²) in [5.74, 6) is -0.712. The van der Waals surface area contributed by atoms with Crippen molar-refractivity contribution < 1.29 is 9.59 Å². The van der Waals surface area contributed by atoms with Crippen molar-refractivity contribution in [3.63, 3.8) is 0 Å². The molecule has 126 valence electrons. The van der Waals surface area contributed by atoms with Crippen LogP contribution in [0.5, 0.6) is 0 Å². The highest BCUT2D eigenvalue weighted by Crippen LogP contribution is 2.15. The van der Waals surface area contributed by atoms with Gasteiger partial charge in [0.25, 0.3) is 0 Å². The van der Waals surface area contributed by atoms with Gasteiger partial charge in [-0.2, -0.15) is 0 Å². The molecule has 2 fully saturated rings. The minimum absolute atomic E-state index is 0.186. The van der Waals surface area contributed by atoms with E-state index in [0.717, 1.165) is 45.6 Å². The van der Waals surface area contributed by atoms with Gasteiger partial charge in [-0.3, -0.25) is 14.5 Å². The zero-order valence-electron chi connectivity index (χ0n) is 13.8. The molecule has 2 aliphatic heterocycles. The number of nitrogens with zero attached hydrogens (tertiary/aromatic N) is 4. The molecule has 0 unspecified atom stereocenters. The van der Waals surface area contributed by atoms with Gasteiger partial charge in [0.05, 0.1) is 0 Å². The molecule has 0 saturated carbocycles. The fourth-order valence-electron chi connectivity index (χ4n) is 3.19. The first-order valence-electron chi connectivity index (χ1n) is 8.20. The molecule has 2 heterocycles. The Morgan fingerprint density at radius 1 is 1.09 bits per heavy atom. The molecule has 2 N–H and O–H groups in total. The van der Waals surface area contributed by atoms with Crippen molar-refractivity contribution in [2.45, 2.75) is 18.9 Å². The van der Waals surface area contributed by atoms with Gasteiger partial charge < -0.3 is 20.4 Å². The average molecular weight is 311 g/mol. The fraction of sp³-hybridized carbons (Fsp3) is 0.867. The summed E-state index contributed by atoms with van der Waals surface area (Å²) < 4.78 is 0. The van der Waals surface area contributed by atoms with Crippen molar-refractivity contribution in [2.75, 3.05) is 66.5 Å². The number of piperazine rings is 1. The second kappa shape index (κ2) is 7.89. The number of hydrogen-bond donors (Lipinski definition) is 1. The molecule has 22 heavy (non-hydrogen) atoms. The molecule has 7 nitrogen and oxygen atoms in total. The highest BCUT2D eigenvalue weighted by molar-refractivity contribution is 6.34. The molecule has 0 aromatic carbocycles. The van der Waals surface area contributed by atoms with E-state index in [9.17, 15) is 9.59 Å². The molecular weight excluding hydrogens is 282 g/mol. The Morgan fingerprint density at radius 2 is 1.68 bits per heavy atom. The third-order valence-electron chi connectivity index (χ3n) is 4.84. The normalized spacial score (nSPS) is 21.9. The van der Waals surface area contributed by atoms with Crippen molar-refractivity contribution in [3.8, 4) is 0 Å². The van der Waals surface area contributed by atoms with Crippen LogP contribution in [0.4, 0.5) is 0 Å². The monoisotopic (exact) mass is 311 g/mol. The number of carbonyl (C=O) groups excluding carboxylic acids is 2. The van der Waals surface area contributed by atoms with Crippen LogP contribution in [0.1, 0.15) is 12.8 Å². The van der Waals surface area contributed by atoms with Crippen molar-refractivity contribution in [1.82, 2.24) is 19.6 Å². The van der Waals surface area contributed by atoms with Crippen LogP contribution in [0.2, 0.25) is 0 Å². The van der Waals surface area contributed by atoms with E-state index in [2.05, 4.69) is 16.8 Å². The third kappa shape index (κ3) is 4.18. The van der Waals surface area contributed by atoms with Gasteiger partial charge in [0, 0.05) is 52.4 Å². The van der Waals surface area contributed by atoms with E-state index in [4.69, 9.17) is 5.73 Å². The van der Waals surface area contributed by atoms with Gasteiger partial charge in [0.2, 0.25) is 0 Å². The molecule has 0 radical (unpaired) electrons. The van der Waals surface area contributed by atoms with Crippen molar-refractivity contribution in [3.05, 3.63) is 0 Å². The Hall–Kier alpha value is -1.18. The molecule has 0 aromatic heterocycles. The number of hydrogen-bond acceptors (Lipinski definition) is 5. The van der Waals surface area contributed by atoms with Crippen LogP contribution in [0, 0.1) is 0 Å². The predicted octanol–water partition coefficient (Wildman–Crippen LogP) is -1.36. The lowest BCUT2D eigenvalue weighted by molar-refractivity contribution is -0.153. The van der Waals surface area contributed by atoms with Gasteiger partial charge in [-0.05, 0) is 33.0 Å². The van der Waals surface area contributed by atoms with Gasteiger partial charge >= 0.3 is 11.8 Å². The van der Waals surface area contributed by atoms with Gasteiger partial charge in [-0.25, -0.2) is 0 Å². The van der Waals surface area contributed by atoms with Crippen LogP contribution in [-0.4, -0.2) is 104 Å². The van der Waals surface area contributed by atoms with Crippen LogP contribution >= 0.6 is 0 Å². The Labute approximate surface area is 133 Å². The van der Waals surface area contributed by atoms with Crippen LogP contribution in [0.3, 0.4) is 0 Å². The zero-order chi connectivity index (χ0) is 16.1. The molecular formula is C15H29N5O2. The summed E-state index contributed by atoms with van der Waals surface area (Å²) in [5.41, 5.74) is 5.55. The summed E-state index contributed by atoms with van der Waals surface area (Å²) in [6.45, 7) is 6.28. The van der Waals surface area contributed by atoms with Crippen LogP contribution < -0.4 is 5.73 Å². The largest absolute Gasteiger partial charge is 0.334 e. The first-order chi connectivity index (χ1) is 10.5. The lowest BCUT2D eigenvalue weighted by atomic mass is 10.0. The third-order valence-corrected chi connectivity index (χ3v) is 4.84. The molecule has 2 rings (SSSR count). The zero-order valence-corrected chi connectivity index (χ0v) is 13.8. The van der Waals surface area contributed by atoms with Crippen LogP contribution in [0.15, 0.2) is 0 Å². The second-order valence-corrected chi connectivity index (χ2v) is 6.37. The number of likely N-dealkylation sites (tertiary alicyclic amines) is 1. The number of piperidine rings is 1. The van der Waals surface area contributed by atoms with E-state index in [1.54, 1.807) is 16.8 Å². The molecule has 2 saturated heterocycles. The van der Waals surface area contributed by atoms with Gasteiger partial charge in [0.15, 0.2) is 0 Å². The second-order valence-electron chi connectivity index (χ2n) is 6.37. The number of carbonyl (C=O) groups is 2. The van der Waals surface area contributed by atoms with Gasteiger partial charge in [0.1, 0.15) is 0 Å². The Balaban J connectivity index is 1.83. The molecule has 0 spiro atoms. The maximum Gasteiger partial charge on any atom is 0.312 e. The minimum atomic E-state index is -0.359. The molecule has 0 atom stereocenters. The topological polar surface area (TPSA) is 73.1 Å². The average Bonchev–Trinajstić information content (AvgIpc) is 2.54.